The summed E-state index contributed by atoms with van der Waals surface area (Å²) in [5.74, 6) is 1.62. The van der Waals surface area contributed by atoms with Gasteiger partial charge in [-0.1, -0.05) is 6.92 Å². The maximum absolute atomic E-state index is 5.45. The largest absolute Gasteiger partial charge is 0.493 e. The van der Waals surface area contributed by atoms with Crippen molar-refractivity contribution in [1.29, 1.82) is 0 Å². The molecule has 1 aromatic rings. The van der Waals surface area contributed by atoms with E-state index in [0.717, 1.165) is 18.8 Å². The molecule has 0 saturated heterocycles. The zero-order valence-corrected chi connectivity index (χ0v) is 6.58. The second-order valence-corrected chi connectivity index (χ2v) is 2.95. The van der Waals surface area contributed by atoms with Crippen LogP contribution in [0, 0.1) is 0 Å². The van der Waals surface area contributed by atoms with Crippen molar-refractivity contribution in [1.82, 2.24) is 4.98 Å². The molecule has 0 N–H and O–H groups in total. The van der Waals surface area contributed by atoms with E-state index in [0.29, 0.717) is 5.92 Å². The van der Waals surface area contributed by atoms with Crippen molar-refractivity contribution in [3.8, 4) is 5.75 Å². The van der Waals surface area contributed by atoms with Gasteiger partial charge in [-0.05, 0) is 18.4 Å². The van der Waals surface area contributed by atoms with Crippen molar-refractivity contribution in [3.05, 3.63) is 24.0 Å². The first-order chi connectivity index (χ1) is 5.38. The van der Waals surface area contributed by atoms with Gasteiger partial charge in [0.15, 0.2) is 0 Å². The average molecular weight is 149 g/mol. The number of ether oxygens (including phenoxy) is 1. The Balaban J connectivity index is 2.44. The molecule has 2 heteroatoms. The second-order valence-electron chi connectivity index (χ2n) is 2.95. The topological polar surface area (TPSA) is 22.1 Å². The monoisotopic (exact) mass is 149 g/mol. The van der Waals surface area contributed by atoms with Gasteiger partial charge in [0.05, 0.1) is 6.61 Å². The van der Waals surface area contributed by atoms with Crippen LogP contribution in [0.1, 0.15) is 24.8 Å². The SMILES string of the molecule is C[C@H]1CCOc2ccncc21. The summed E-state index contributed by atoms with van der Waals surface area (Å²) in [7, 11) is 0. The predicted molar refractivity (Wildman–Crippen MR) is 42.8 cm³/mol. The zero-order chi connectivity index (χ0) is 7.68. The van der Waals surface area contributed by atoms with Crippen LogP contribution in [-0.2, 0) is 0 Å². The van der Waals surface area contributed by atoms with Gasteiger partial charge in [0.2, 0.25) is 0 Å². The van der Waals surface area contributed by atoms with Crippen molar-refractivity contribution < 1.29 is 4.74 Å². The number of aromatic nitrogens is 1. The average Bonchev–Trinajstić information content (AvgIpc) is 2.06. The number of fused-ring (bicyclic) bond motifs is 1. The van der Waals surface area contributed by atoms with E-state index in [1.54, 1.807) is 6.20 Å². The van der Waals surface area contributed by atoms with Gasteiger partial charge < -0.3 is 4.74 Å². The molecule has 0 amide bonds. The van der Waals surface area contributed by atoms with Crippen molar-refractivity contribution in [2.75, 3.05) is 6.61 Å². The molecule has 0 spiro atoms. The molecule has 1 aliphatic rings. The normalized spacial score (nSPS) is 22.1. The Morgan fingerprint density at radius 1 is 1.64 bits per heavy atom. The smallest absolute Gasteiger partial charge is 0.125 e. The number of hydrogen-bond donors (Lipinski definition) is 0. The van der Waals surface area contributed by atoms with Gasteiger partial charge in [-0.3, -0.25) is 4.98 Å². The highest BCUT2D eigenvalue weighted by Gasteiger charge is 2.16. The molecule has 0 unspecified atom stereocenters. The van der Waals surface area contributed by atoms with Gasteiger partial charge in [-0.15, -0.1) is 0 Å². The number of hydrogen-bond acceptors (Lipinski definition) is 2. The molecule has 2 nitrogen and oxygen atoms in total. The standard InChI is InChI=1S/C9H11NO/c1-7-3-5-11-9-2-4-10-6-8(7)9/h2,4,6-7H,3,5H2,1H3/t7-/m0/s1. The Morgan fingerprint density at radius 3 is 3.36 bits per heavy atom. The van der Waals surface area contributed by atoms with E-state index in [4.69, 9.17) is 4.74 Å². The summed E-state index contributed by atoms with van der Waals surface area (Å²) >= 11 is 0. The van der Waals surface area contributed by atoms with Gasteiger partial charge in [0.25, 0.3) is 0 Å². The maximum atomic E-state index is 5.45. The van der Waals surface area contributed by atoms with Gasteiger partial charge in [-0.2, -0.15) is 0 Å². The lowest BCUT2D eigenvalue weighted by molar-refractivity contribution is 0.271. The lowest BCUT2D eigenvalue weighted by Gasteiger charge is -2.21. The van der Waals surface area contributed by atoms with Crippen LogP contribution >= 0.6 is 0 Å². The summed E-state index contributed by atoms with van der Waals surface area (Å²) in [5, 5.41) is 0. The minimum atomic E-state index is 0.604. The van der Waals surface area contributed by atoms with E-state index in [-0.39, 0.29) is 0 Å². The Hall–Kier alpha value is -1.05. The molecule has 2 rings (SSSR count). The van der Waals surface area contributed by atoms with E-state index >= 15 is 0 Å². The first kappa shape index (κ1) is 6.65. The van der Waals surface area contributed by atoms with Crippen LogP contribution in [0.25, 0.3) is 0 Å². The molecule has 58 valence electrons. The molecule has 0 fully saturated rings. The highest BCUT2D eigenvalue weighted by Crippen LogP contribution is 2.31. The molecule has 0 saturated carbocycles. The molecular formula is C9H11NO. The van der Waals surface area contributed by atoms with E-state index in [2.05, 4.69) is 11.9 Å². The summed E-state index contributed by atoms with van der Waals surface area (Å²) in [5.41, 5.74) is 1.25. The Morgan fingerprint density at radius 2 is 2.55 bits per heavy atom. The molecule has 2 heterocycles. The molecule has 0 aromatic carbocycles. The van der Waals surface area contributed by atoms with Crippen LogP contribution in [0.15, 0.2) is 18.5 Å². The van der Waals surface area contributed by atoms with Gasteiger partial charge in [0.1, 0.15) is 5.75 Å². The third kappa shape index (κ3) is 1.09. The van der Waals surface area contributed by atoms with E-state index < -0.39 is 0 Å². The van der Waals surface area contributed by atoms with Gasteiger partial charge >= 0.3 is 0 Å². The first-order valence-electron chi connectivity index (χ1n) is 3.94. The van der Waals surface area contributed by atoms with Crippen LogP contribution < -0.4 is 4.74 Å². The molecule has 0 radical (unpaired) electrons. The Kier molecular flexibility index (Phi) is 1.53. The van der Waals surface area contributed by atoms with Crippen LogP contribution in [0.5, 0.6) is 5.75 Å². The van der Waals surface area contributed by atoms with Crippen molar-refractivity contribution in [3.63, 3.8) is 0 Å². The lowest BCUT2D eigenvalue weighted by Crippen LogP contribution is -2.11. The molecular weight excluding hydrogens is 138 g/mol. The van der Waals surface area contributed by atoms with Crippen molar-refractivity contribution in [2.24, 2.45) is 0 Å². The van der Waals surface area contributed by atoms with Crippen LogP contribution in [0.3, 0.4) is 0 Å². The van der Waals surface area contributed by atoms with E-state index in [9.17, 15) is 0 Å². The number of pyridine rings is 1. The summed E-state index contributed by atoms with van der Waals surface area (Å²) in [6.07, 6.45) is 4.79. The molecule has 0 aliphatic carbocycles. The molecule has 1 aromatic heterocycles. The fraction of sp³-hybridized carbons (Fsp3) is 0.444. The number of nitrogens with zero attached hydrogens (tertiary/aromatic N) is 1. The Labute approximate surface area is 66.2 Å². The predicted octanol–water partition coefficient (Wildman–Crippen LogP) is 1.97. The van der Waals surface area contributed by atoms with Crippen LogP contribution in [0.2, 0.25) is 0 Å². The molecule has 1 aliphatic heterocycles. The van der Waals surface area contributed by atoms with Crippen LogP contribution in [0.4, 0.5) is 0 Å². The fourth-order valence-electron chi connectivity index (χ4n) is 1.40. The molecule has 0 bridgehead atoms. The second kappa shape index (κ2) is 2.53. The minimum absolute atomic E-state index is 0.604. The molecule has 1 atom stereocenters. The first-order valence-corrected chi connectivity index (χ1v) is 3.94. The van der Waals surface area contributed by atoms with E-state index in [1.165, 1.54) is 5.56 Å². The number of rotatable bonds is 0. The van der Waals surface area contributed by atoms with Crippen molar-refractivity contribution in [2.45, 2.75) is 19.3 Å². The minimum Gasteiger partial charge on any atom is -0.493 e. The van der Waals surface area contributed by atoms with Crippen LogP contribution in [-0.4, -0.2) is 11.6 Å². The highest BCUT2D eigenvalue weighted by atomic mass is 16.5. The maximum Gasteiger partial charge on any atom is 0.125 e. The lowest BCUT2D eigenvalue weighted by atomic mass is 9.97. The third-order valence-corrected chi connectivity index (χ3v) is 2.15. The van der Waals surface area contributed by atoms with Crippen molar-refractivity contribution >= 4 is 0 Å². The highest BCUT2D eigenvalue weighted by molar-refractivity contribution is 5.34. The third-order valence-electron chi connectivity index (χ3n) is 2.15. The Bertz CT molecular complexity index is 259. The zero-order valence-electron chi connectivity index (χ0n) is 6.58. The summed E-state index contributed by atoms with van der Waals surface area (Å²) in [6, 6.07) is 1.94. The molecule has 11 heavy (non-hydrogen) atoms. The fourth-order valence-corrected chi connectivity index (χ4v) is 1.40. The summed E-state index contributed by atoms with van der Waals surface area (Å²) in [4.78, 5) is 4.07. The van der Waals surface area contributed by atoms with Gasteiger partial charge in [-0.25, -0.2) is 0 Å². The summed E-state index contributed by atoms with van der Waals surface area (Å²) < 4.78 is 5.45. The summed E-state index contributed by atoms with van der Waals surface area (Å²) in [6.45, 7) is 3.06. The van der Waals surface area contributed by atoms with E-state index in [1.807, 2.05) is 12.3 Å². The van der Waals surface area contributed by atoms with Gasteiger partial charge in [0, 0.05) is 18.0 Å². The quantitative estimate of drug-likeness (QED) is 0.562.